The lowest BCUT2D eigenvalue weighted by Gasteiger charge is -2.34. The first-order valence-electron chi connectivity index (χ1n) is 10.5. The fraction of sp³-hybridized carbons (Fsp3) is 0.750. The number of piperidine rings is 1. The highest BCUT2D eigenvalue weighted by atomic mass is 16.2. The molecule has 0 spiro atoms. The van der Waals surface area contributed by atoms with Gasteiger partial charge in [0.1, 0.15) is 5.82 Å². The van der Waals surface area contributed by atoms with E-state index in [4.69, 9.17) is 0 Å². The van der Waals surface area contributed by atoms with Gasteiger partial charge in [-0.2, -0.15) is 0 Å². The highest BCUT2D eigenvalue weighted by Gasteiger charge is 2.27. The summed E-state index contributed by atoms with van der Waals surface area (Å²) in [4.78, 5) is 41.5. The average molecular weight is 394 g/mol. The number of amides is 1. The maximum Gasteiger partial charge on any atom is 0.332 e. The highest BCUT2D eigenvalue weighted by Crippen LogP contribution is 2.22. The lowest BCUT2D eigenvalue weighted by atomic mass is 9.97. The Morgan fingerprint density at radius 3 is 2.61 bits per heavy atom. The molecule has 0 aromatic carbocycles. The van der Waals surface area contributed by atoms with Crippen molar-refractivity contribution in [3.05, 3.63) is 26.9 Å². The van der Waals surface area contributed by atoms with Crippen LogP contribution >= 0.6 is 0 Å². The van der Waals surface area contributed by atoms with Gasteiger partial charge in [0, 0.05) is 39.3 Å². The molecule has 1 aliphatic heterocycles. The van der Waals surface area contributed by atoms with E-state index >= 15 is 0 Å². The molecule has 1 fully saturated rings. The Bertz CT molecular complexity index is 766. The number of rotatable bonds is 9. The molecule has 1 saturated heterocycles. The monoisotopic (exact) mass is 393 g/mol. The second kappa shape index (κ2) is 10.5. The van der Waals surface area contributed by atoms with Gasteiger partial charge in [0.15, 0.2) is 0 Å². The molecule has 28 heavy (non-hydrogen) atoms. The number of carbonyl (C=O) groups is 1. The smallest absolute Gasteiger partial charge is 0.332 e. The van der Waals surface area contributed by atoms with Crippen molar-refractivity contribution in [2.24, 2.45) is 13.0 Å². The van der Waals surface area contributed by atoms with E-state index in [1.807, 2.05) is 11.8 Å². The van der Waals surface area contributed by atoms with Gasteiger partial charge >= 0.3 is 5.69 Å². The summed E-state index contributed by atoms with van der Waals surface area (Å²) in [6.45, 7) is 11.7. The molecule has 1 unspecified atom stereocenters. The molecular formula is C20H35N5O3. The predicted molar refractivity (Wildman–Crippen MR) is 112 cm³/mol. The van der Waals surface area contributed by atoms with Crippen LogP contribution < -0.4 is 21.5 Å². The molecular weight excluding hydrogens is 358 g/mol. The zero-order chi connectivity index (χ0) is 20.7. The molecule has 1 aromatic heterocycles. The maximum absolute atomic E-state index is 12.6. The van der Waals surface area contributed by atoms with Crippen molar-refractivity contribution < 1.29 is 4.79 Å². The van der Waals surface area contributed by atoms with Gasteiger partial charge in [-0.05, 0) is 45.8 Å². The summed E-state index contributed by atoms with van der Waals surface area (Å²) in [5.74, 6) is 0.569. The first kappa shape index (κ1) is 22.2. The normalized spacial score (nSPS) is 17.2. The van der Waals surface area contributed by atoms with E-state index in [9.17, 15) is 14.4 Å². The van der Waals surface area contributed by atoms with Gasteiger partial charge in [-0.3, -0.25) is 18.7 Å². The molecule has 0 saturated carbocycles. The molecule has 8 nitrogen and oxygen atoms in total. The Balaban J connectivity index is 2.00. The summed E-state index contributed by atoms with van der Waals surface area (Å²) in [5, 5.41) is 3.06. The summed E-state index contributed by atoms with van der Waals surface area (Å²) in [6.07, 6.45) is 2.64. The minimum Gasteiger partial charge on any atom is -0.357 e. The van der Waals surface area contributed by atoms with Gasteiger partial charge in [-0.1, -0.05) is 13.8 Å². The molecule has 1 aliphatic rings. The number of anilines is 1. The first-order chi connectivity index (χ1) is 13.4. The van der Waals surface area contributed by atoms with E-state index in [-0.39, 0.29) is 23.1 Å². The van der Waals surface area contributed by atoms with Crippen molar-refractivity contribution in [2.75, 3.05) is 44.2 Å². The van der Waals surface area contributed by atoms with Crippen LogP contribution in [0.2, 0.25) is 0 Å². The van der Waals surface area contributed by atoms with Gasteiger partial charge in [-0.25, -0.2) is 4.79 Å². The van der Waals surface area contributed by atoms with Crippen molar-refractivity contribution in [2.45, 2.75) is 46.6 Å². The zero-order valence-electron chi connectivity index (χ0n) is 17.7. The van der Waals surface area contributed by atoms with E-state index in [0.29, 0.717) is 25.5 Å². The number of nitrogens with zero attached hydrogens (tertiary/aromatic N) is 4. The Morgan fingerprint density at radius 1 is 1.25 bits per heavy atom. The molecule has 8 heteroatoms. The number of hydrogen-bond donors (Lipinski definition) is 1. The lowest BCUT2D eigenvalue weighted by Crippen LogP contribution is -2.47. The molecule has 0 aliphatic carbocycles. The Morgan fingerprint density at radius 2 is 1.96 bits per heavy atom. The number of carbonyl (C=O) groups excluding carboxylic acids is 1. The largest absolute Gasteiger partial charge is 0.357 e. The van der Waals surface area contributed by atoms with Crippen LogP contribution in [0.25, 0.3) is 0 Å². The minimum absolute atomic E-state index is 0.0680. The van der Waals surface area contributed by atoms with Crippen LogP contribution in [0.3, 0.4) is 0 Å². The van der Waals surface area contributed by atoms with E-state index in [0.717, 1.165) is 50.0 Å². The maximum atomic E-state index is 12.6. The number of aromatic nitrogens is 2. The van der Waals surface area contributed by atoms with Crippen molar-refractivity contribution in [1.82, 2.24) is 19.4 Å². The van der Waals surface area contributed by atoms with E-state index < -0.39 is 0 Å². The third-order valence-corrected chi connectivity index (χ3v) is 5.65. The molecule has 1 atom stereocenters. The molecule has 158 valence electrons. The van der Waals surface area contributed by atoms with Crippen molar-refractivity contribution in [3.63, 3.8) is 0 Å². The van der Waals surface area contributed by atoms with Crippen LogP contribution in [0, 0.1) is 5.92 Å². The predicted octanol–water partition coefficient (Wildman–Crippen LogP) is 0.631. The fourth-order valence-electron chi connectivity index (χ4n) is 3.82. The second-order valence-electron chi connectivity index (χ2n) is 7.38. The van der Waals surface area contributed by atoms with Crippen molar-refractivity contribution in [1.29, 1.82) is 0 Å². The summed E-state index contributed by atoms with van der Waals surface area (Å²) in [6, 6.07) is 1.51. The van der Waals surface area contributed by atoms with Gasteiger partial charge in [0.05, 0.1) is 5.92 Å². The quantitative estimate of drug-likeness (QED) is 0.623. The van der Waals surface area contributed by atoms with Crippen LogP contribution in [0.1, 0.15) is 40.0 Å². The molecule has 1 aromatic rings. The molecule has 1 N–H and O–H groups in total. The third-order valence-electron chi connectivity index (χ3n) is 5.65. The molecule has 2 rings (SSSR count). The Hall–Kier alpha value is -2.09. The third kappa shape index (κ3) is 5.25. The lowest BCUT2D eigenvalue weighted by molar-refractivity contribution is -0.125. The summed E-state index contributed by atoms with van der Waals surface area (Å²) in [7, 11) is 1.49. The van der Waals surface area contributed by atoms with E-state index in [1.165, 1.54) is 13.1 Å². The Labute approximate surface area is 167 Å². The van der Waals surface area contributed by atoms with Crippen LogP contribution in [0.15, 0.2) is 15.7 Å². The molecule has 0 radical (unpaired) electrons. The minimum atomic E-state index is -0.312. The number of hydrogen-bond acceptors (Lipinski definition) is 5. The molecule has 2 heterocycles. The van der Waals surface area contributed by atoms with Gasteiger partial charge in [0.25, 0.3) is 5.56 Å². The second-order valence-corrected chi connectivity index (χ2v) is 7.38. The summed E-state index contributed by atoms with van der Waals surface area (Å²) in [5.41, 5.74) is -0.624. The number of nitrogens with one attached hydrogen (secondary N) is 1. The average Bonchev–Trinajstić information content (AvgIpc) is 2.71. The van der Waals surface area contributed by atoms with Crippen molar-refractivity contribution in [3.8, 4) is 0 Å². The van der Waals surface area contributed by atoms with Gasteiger partial charge in [-0.15, -0.1) is 0 Å². The molecule has 1 amide bonds. The van der Waals surface area contributed by atoms with Crippen molar-refractivity contribution >= 4 is 11.7 Å². The fourth-order valence-corrected chi connectivity index (χ4v) is 3.82. The van der Waals surface area contributed by atoms with Crippen LogP contribution in [0.4, 0.5) is 5.82 Å². The SMILES string of the molecule is CCN(CC)CCCNC(=O)C1CCCN(c2cc(=O)n(C)c(=O)n2CC)C1. The molecule has 0 bridgehead atoms. The highest BCUT2D eigenvalue weighted by molar-refractivity contribution is 5.79. The standard InChI is InChI=1S/C20H35N5O3/c1-5-23(6-2)12-9-11-21-19(27)16-10-8-13-24(15-16)17-14-18(26)22(4)20(28)25(17)7-3/h14,16H,5-13,15H2,1-4H3,(H,21,27). The Kier molecular flexibility index (Phi) is 8.29. The first-order valence-corrected chi connectivity index (χ1v) is 10.5. The van der Waals surface area contributed by atoms with E-state index in [2.05, 4.69) is 24.1 Å². The van der Waals surface area contributed by atoms with E-state index in [1.54, 1.807) is 4.57 Å². The zero-order valence-corrected chi connectivity index (χ0v) is 17.7. The van der Waals surface area contributed by atoms with Crippen LogP contribution in [0.5, 0.6) is 0 Å². The summed E-state index contributed by atoms with van der Waals surface area (Å²) < 4.78 is 2.72. The van der Waals surface area contributed by atoms with Crippen LogP contribution in [-0.4, -0.2) is 59.2 Å². The van der Waals surface area contributed by atoms with Crippen LogP contribution in [-0.2, 0) is 18.4 Å². The van der Waals surface area contributed by atoms with Gasteiger partial charge < -0.3 is 15.1 Å². The summed E-state index contributed by atoms with van der Waals surface area (Å²) >= 11 is 0. The van der Waals surface area contributed by atoms with Gasteiger partial charge in [0.2, 0.25) is 5.91 Å². The topological polar surface area (TPSA) is 79.6 Å².